The van der Waals surface area contributed by atoms with Gasteiger partial charge in [0.15, 0.2) is 0 Å². The topological polar surface area (TPSA) is 75.7 Å². The second-order valence-electron chi connectivity index (χ2n) is 6.72. The molecular formula is C20H22ClF3N2O4S. The summed E-state index contributed by atoms with van der Waals surface area (Å²) >= 11 is 5.60. The minimum atomic E-state index is -4.78. The molecule has 170 valence electrons. The smallest absolute Gasteiger partial charge is 0.417 e. The van der Waals surface area contributed by atoms with E-state index in [4.69, 9.17) is 16.3 Å². The van der Waals surface area contributed by atoms with Crippen LogP contribution in [0.2, 0.25) is 5.02 Å². The van der Waals surface area contributed by atoms with Gasteiger partial charge in [-0.05, 0) is 49.7 Å². The highest BCUT2D eigenvalue weighted by atomic mass is 35.5. The van der Waals surface area contributed by atoms with Crippen LogP contribution in [0, 0.1) is 0 Å². The number of amides is 1. The fourth-order valence-electron chi connectivity index (χ4n) is 2.81. The Hall–Kier alpha value is -2.46. The summed E-state index contributed by atoms with van der Waals surface area (Å²) in [5, 5.41) is 2.07. The number of sulfonamides is 1. The number of alkyl halides is 3. The second-order valence-corrected chi connectivity index (χ2v) is 9.04. The van der Waals surface area contributed by atoms with Gasteiger partial charge in [0.2, 0.25) is 15.9 Å². The van der Waals surface area contributed by atoms with Crippen LogP contribution in [0.5, 0.6) is 5.75 Å². The number of hydrogen-bond acceptors (Lipinski definition) is 4. The Morgan fingerprint density at radius 1 is 1.19 bits per heavy atom. The maximum atomic E-state index is 13.1. The molecule has 0 fully saturated rings. The van der Waals surface area contributed by atoms with Crippen molar-refractivity contribution in [1.82, 2.24) is 5.32 Å². The Kier molecular flexibility index (Phi) is 7.82. The van der Waals surface area contributed by atoms with Crippen molar-refractivity contribution in [3.05, 3.63) is 58.6 Å². The summed E-state index contributed by atoms with van der Waals surface area (Å²) in [7, 11) is -4.05. The molecule has 0 bridgehead atoms. The molecule has 0 saturated carbocycles. The van der Waals surface area contributed by atoms with Crippen molar-refractivity contribution in [2.45, 2.75) is 26.1 Å². The fraction of sp³-hybridized carbons (Fsp3) is 0.350. The number of ether oxygens (including phenoxy) is 1. The second kappa shape index (κ2) is 9.78. The van der Waals surface area contributed by atoms with E-state index in [2.05, 4.69) is 5.32 Å². The average Bonchev–Trinajstić information content (AvgIpc) is 2.66. The highest BCUT2D eigenvalue weighted by Gasteiger charge is 2.34. The van der Waals surface area contributed by atoms with Crippen molar-refractivity contribution in [2.24, 2.45) is 0 Å². The van der Waals surface area contributed by atoms with E-state index in [1.165, 1.54) is 0 Å². The van der Waals surface area contributed by atoms with Gasteiger partial charge in [0.1, 0.15) is 12.3 Å². The maximum Gasteiger partial charge on any atom is 0.417 e. The standard InChI is InChI=1S/C20H22ClF3N2O4S/c1-4-30-16-8-5-14(6-9-16)13(2)25-19(27)12-26(31(3,28)29)15-7-10-18(21)17(11-15)20(22,23)24/h5-11,13H,4,12H2,1-3H3,(H,25,27)/t13-/m1/s1. The van der Waals surface area contributed by atoms with Crippen molar-refractivity contribution >= 4 is 33.2 Å². The number of carbonyl (C=O) groups is 1. The quantitative estimate of drug-likeness (QED) is 0.610. The van der Waals surface area contributed by atoms with Crippen LogP contribution in [-0.4, -0.2) is 33.7 Å². The van der Waals surface area contributed by atoms with Crippen LogP contribution >= 0.6 is 11.6 Å². The van der Waals surface area contributed by atoms with Crippen LogP contribution in [0.4, 0.5) is 18.9 Å². The van der Waals surface area contributed by atoms with E-state index in [9.17, 15) is 26.4 Å². The number of carbonyl (C=O) groups excluding carboxylic acids is 1. The molecule has 2 rings (SSSR count). The van der Waals surface area contributed by atoms with Crippen LogP contribution < -0.4 is 14.4 Å². The van der Waals surface area contributed by atoms with Crippen LogP contribution in [0.15, 0.2) is 42.5 Å². The zero-order chi connectivity index (χ0) is 23.4. The average molecular weight is 479 g/mol. The van der Waals surface area contributed by atoms with E-state index in [0.29, 0.717) is 22.7 Å². The van der Waals surface area contributed by atoms with E-state index >= 15 is 0 Å². The van der Waals surface area contributed by atoms with Crippen LogP contribution in [0.3, 0.4) is 0 Å². The van der Waals surface area contributed by atoms with Gasteiger partial charge in [-0.25, -0.2) is 8.42 Å². The number of anilines is 1. The molecule has 1 amide bonds. The highest BCUT2D eigenvalue weighted by molar-refractivity contribution is 7.92. The first-order chi connectivity index (χ1) is 14.3. The van der Waals surface area contributed by atoms with Gasteiger partial charge in [-0.3, -0.25) is 9.10 Å². The van der Waals surface area contributed by atoms with Gasteiger partial charge in [0.25, 0.3) is 0 Å². The summed E-state index contributed by atoms with van der Waals surface area (Å²) in [6, 6.07) is 9.15. The number of halogens is 4. The Balaban J connectivity index is 2.21. The Labute approximate surface area is 184 Å². The minimum absolute atomic E-state index is 0.317. The molecule has 2 aromatic rings. The normalized spacial score (nSPS) is 12.9. The predicted molar refractivity (Wildman–Crippen MR) is 113 cm³/mol. The van der Waals surface area contributed by atoms with E-state index in [0.717, 1.165) is 24.0 Å². The zero-order valence-corrected chi connectivity index (χ0v) is 18.6. The maximum absolute atomic E-state index is 13.1. The molecule has 0 heterocycles. The number of nitrogens with zero attached hydrogens (tertiary/aromatic N) is 1. The first-order valence-electron chi connectivity index (χ1n) is 9.19. The predicted octanol–water partition coefficient (Wildman–Crippen LogP) is 4.40. The third-order valence-corrected chi connectivity index (χ3v) is 5.77. The summed E-state index contributed by atoms with van der Waals surface area (Å²) in [6.07, 6.45) is -3.97. The van der Waals surface area contributed by atoms with Gasteiger partial charge >= 0.3 is 6.18 Å². The number of nitrogens with one attached hydrogen (secondary N) is 1. The molecule has 11 heteroatoms. The Morgan fingerprint density at radius 3 is 2.32 bits per heavy atom. The molecule has 0 saturated heterocycles. The number of rotatable bonds is 8. The van der Waals surface area contributed by atoms with Crippen LogP contribution in [0.25, 0.3) is 0 Å². The van der Waals surface area contributed by atoms with Crippen molar-refractivity contribution in [3.63, 3.8) is 0 Å². The van der Waals surface area contributed by atoms with Gasteiger partial charge in [0.05, 0.1) is 35.2 Å². The SMILES string of the molecule is CCOc1ccc([C@@H](C)NC(=O)CN(c2ccc(Cl)c(C(F)(F)F)c2)S(C)(=O)=O)cc1. The summed E-state index contributed by atoms with van der Waals surface area (Å²) in [4.78, 5) is 12.5. The molecule has 0 aliphatic carbocycles. The molecule has 1 atom stereocenters. The Bertz CT molecular complexity index is 1030. The van der Waals surface area contributed by atoms with Gasteiger partial charge in [0, 0.05) is 0 Å². The summed E-state index contributed by atoms with van der Waals surface area (Å²) < 4.78 is 69.8. The molecule has 0 aliphatic heterocycles. The van der Waals surface area contributed by atoms with Crippen LogP contribution in [-0.2, 0) is 21.0 Å². The third kappa shape index (κ3) is 6.76. The first-order valence-corrected chi connectivity index (χ1v) is 11.4. The van der Waals surface area contributed by atoms with Gasteiger partial charge in [-0.2, -0.15) is 13.2 Å². The molecule has 31 heavy (non-hydrogen) atoms. The van der Waals surface area contributed by atoms with E-state index in [1.54, 1.807) is 31.2 Å². The largest absolute Gasteiger partial charge is 0.494 e. The van der Waals surface area contributed by atoms with E-state index in [-0.39, 0.29) is 5.69 Å². The van der Waals surface area contributed by atoms with Crippen LogP contribution in [0.1, 0.15) is 31.0 Å². The highest BCUT2D eigenvalue weighted by Crippen LogP contribution is 2.37. The van der Waals surface area contributed by atoms with Gasteiger partial charge < -0.3 is 10.1 Å². The molecular weight excluding hydrogens is 457 g/mol. The molecule has 0 aromatic heterocycles. The lowest BCUT2D eigenvalue weighted by molar-refractivity contribution is -0.137. The number of benzene rings is 2. The van der Waals surface area contributed by atoms with Crippen molar-refractivity contribution in [2.75, 3.05) is 23.7 Å². The fourth-order valence-corrected chi connectivity index (χ4v) is 3.88. The molecule has 0 spiro atoms. The number of hydrogen-bond donors (Lipinski definition) is 1. The lowest BCUT2D eigenvalue weighted by atomic mass is 10.1. The lowest BCUT2D eigenvalue weighted by Gasteiger charge is -2.24. The summed E-state index contributed by atoms with van der Waals surface area (Å²) in [5.41, 5.74) is -0.764. The molecule has 0 aliphatic rings. The van der Waals surface area contributed by atoms with Crippen molar-refractivity contribution in [3.8, 4) is 5.75 Å². The first kappa shape index (κ1) is 24.8. The molecule has 0 radical (unpaired) electrons. The van der Waals surface area contributed by atoms with Gasteiger partial charge in [-0.15, -0.1) is 0 Å². The Morgan fingerprint density at radius 2 is 1.81 bits per heavy atom. The molecule has 6 nitrogen and oxygen atoms in total. The summed E-state index contributed by atoms with van der Waals surface area (Å²) in [6.45, 7) is 3.36. The van der Waals surface area contributed by atoms with Crippen molar-refractivity contribution < 1.29 is 31.1 Å². The monoisotopic (exact) mass is 478 g/mol. The molecule has 0 unspecified atom stereocenters. The molecule has 1 N–H and O–H groups in total. The minimum Gasteiger partial charge on any atom is -0.494 e. The zero-order valence-electron chi connectivity index (χ0n) is 17.0. The van der Waals surface area contributed by atoms with E-state index in [1.807, 2.05) is 6.92 Å². The third-order valence-electron chi connectivity index (χ3n) is 4.30. The lowest BCUT2D eigenvalue weighted by Crippen LogP contribution is -2.41. The summed E-state index contributed by atoms with van der Waals surface area (Å²) in [5.74, 6) is -0.0217. The van der Waals surface area contributed by atoms with E-state index < -0.39 is 45.3 Å². The molecule has 2 aromatic carbocycles. The van der Waals surface area contributed by atoms with Crippen molar-refractivity contribution in [1.29, 1.82) is 0 Å². The van der Waals surface area contributed by atoms with Gasteiger partial charge in [-0.1, -0.05) is 23.7 Å².